The molecule has 1 heterocycles. The van der Waals surface area contributed by atoms with Gasteiger partial charge in [-0.05, 0) is 18.8 Å². The van der Waals surface area contributed by atoms with Gasteiger partial charge < -0.3 is 9.84 Å². The Morgan fingerprint density at radius 1 is 1.35 bits per heavy atom. The molecule has 0 atom stereocenters. The Balaban J connectivity index is 2.46. The number of hydrogen-bond acceptors (Lipinski definition) is 4. The number of hydrogen-bond donors (Lipinski definition) is 1. The van der Waals surface area contributed by atoms with Crippen LogP contribution in [-0.4, -0.2) is 28.2 Å². The first-order valence-electron chi connectivity index (χ1n) is 7.16. The summed E-state index contributed by atoms with van der Waals surface area (Å²) in [5.74, 6) is -0.302. The van der Waals surface area contributed by atoms with E-state index in [2.05, 4.69) is 9.97 Å². The fourth-order valence-electron chi connectivity index (χ4n) is 2.86. The summed E-state index contributed by atoms with van der Waals surface area (Å²) in [5.41, 5.74) is 0.328. The van der Waals surface area contributed by atoms with Gasteiger partial charge in [0.05, 0.1) is 11.3 Å². The van der Waals surface area contributed by atoms with Crippen LogP contribution in [0.1, 0.15) is 73.7 Å². The molecule has 0 radical (unpaired) electrons. The molecule has 1 aromatic rings. The van der Waals surface area contributed by atoms with Gasteiger partial charge in [0.25, 0.3) is 0 Å². The Bertz CT molecular complexity index is 494. The summed E-state index contributed by atoms with van der Waals surface area (Å²) in [6, 6.07) is 0. The first kappa shape index (κ1) is 14.9. The lowest BCUT2D eigenvalue weighted by Gasteiger charge is -2.34. The molecule has 0 aliphatic heterocycles. The van der Waals surface area contributed by atoms with Gasteiger partial charge >= 0.3 is 5.97 Å². The number of methoxy groups -OCH3 is 1. The van der Waals surface area contributed by atoms with Gasteiger partial charge in [-0.3, -0.25) is 0 Å². The van der Waals surface area contributed by atoms with Crippen molar-refractivity contribution < 1.29 is 14.6 Å². The molecule has 1 aromatic heterocycles. The smallest absolute Gasteiger partial charge is 0.339 e. The van der Waals surface area contributed by atoms with Crippen LogP contribution in [0.15, 0.2) is 6.20 Å². The van der Waals surface area contributed by atoms with Crippen molar-refractivity contribution in [3.05, 3.63) is 23.3 Å². The van der Waals surface area contributed by atoms with E-state index in [9.17, 15) is 9.90 Å². The van der Waals surface area contributed by atoms with Crippen LogP contribution in [0.5, 0.6) is 0 Å². The molecule has 0 unspecified atom stereocenters. The summed E-state index contributed by atoms with van der Waals surface area (Å²) in [5, 5.41) is 9.23. The number of aromatic carboxylic acids is 1. The molecule has 0 saturated heterocycles. The maximum Gasteiger partial charge on any atom is 0.339 e. The average molecular weight is 278 g/mol. The van der Waals surface area contributed by atoms with Crippen LogP contribution in [0, 0.1) is 0 Å². The molecular formula is C15H22N2O3. The van der Waals surface area contributed by atoms with Gasteiger partial charge in [-0.25, -0.2) is 14.8 Å². The van der Waals surface area contributed by atoms with Crippen LogP contribution in [-0.2, 0) is 10.3 Å². The summed E-state index contributed by atoms with van der Waals surface area (Å²) < 4.78 is 5.73. The zero-order chi connectivity index (χ0) is 14.8. The minimum Gasteiger partial charge on any atom is -0.478 e. The Morgan fingerprint density at radius 2 is 2.00 bits per heavy atom. The van der Waals surface area contributed by atoms with Crippen molar-refractivity contribution in [3.63, 3.8) is 0 Å². The summed E-state index contributed by atoms with van der Waals surface area (Å²) in [6.07, 6.45) is 6.61. The maximum absolute atomic E-state index is 11.3. The fourth-order valence-corrected chi connectivity index (χ4v) is 2.86. The number of carboxylic acid groups (broad SMARTS) is 1. The lowest BCUT2D eigenvalue weighted by molar-refractivity contribution is -0.0517. The van der Waals surface area contributed by atoms with E-state index < -0.39 is 11.6 Å². The van der Waals surface area contributed by atoms with Crippen LogP contribution < -0.4 is 0 Å². The number of carboxylic acids is 1. The molecule has 110 valence electrons. The van der Waals surface area contributed by atoms with Gasteiger partial charge in [0.2, 0.25) is 0 Å². The van der Waals surface area contributed by atoms with Crippen LogP contribution in [0.4, 0.5) is 0 Å². The molecule has 0 spiro atoms. The van der Waals surface area contributed by atoms with E-state index in [1.807, 2.05) is 13.8 Å². The van der Waals surface area contributed by atoms with Crippen molar-refractivity contribution in [2.24, 2.45) is 0 Å². The van der Waals surface area contributed by atoms with E-state index in [0.29, 0.717) is 11.5 Å². The molecule has 0 amide bonds. The summed E-state index contributed by atoms with van der Waals surface area (Å²) >= 11 is 0. The molecule has 1 fully saturated rings. The molecule has 20 heavy (non-hydrogen) atoms. The fraction of sp³-hybridized carbons (Fsp3) is 0.667. The van der Waals surface area contributed by atoms with Crippen molar-refractivity contribution in [1.29, 1.82) is 0 Å². The average Bonchev–Trinajstić information content (AvgIpc) is 2.47. The van der Waals surface area contributed by atoms with E-state index in [0.717, 1.165) is 25.7 Å². The van der Waals surface area contributed by atoms with Crippen molar-refractivity contribution in [1.82, 2.24) is 9.97 Å². The van der Waals surface area contributed by atoms with Crippen molar-refractivity contribution >= 4 is 5.97 Å². The van der Waals surface area contributed by atoms with E-state index >= 15 is 0 Å². The van der Waals surface area contributed by atoms with Crippen LogP contribution in [0.3, 0.4) is 0 Å². The first-order valence-corrected chi connectivity index (χ1v) is 7.16. The lowest BCUT2D eigenvalue weighted by atomic mass is 9.83. The number of carbonyl (C=O) groups is 1. The minimum absolute atomic E-state index is 0.0420. The largest absolute Gasteiger partial charge is 0.478 e. The second kappa shape index (κ2) is 5.87. The number of ether oxygens (including phenoxy) is 1. The molecule has 0 bridgehead atoms. The third-order valence-electron chi connectivity index (χ3n) is 4.06. The van der Waals surface area contributed by atoms with Crippen molar-refractivity contribution in [3.8, 4) is 0 Å². The number of rotatable bonds is 4. The summed E-state index contributed by atoms with van der Waals surface area (Å²) in [6.45, 7) is 3.89. The van der Waals surface area contributed by atoms with Gasteiger partial charge in [-0.15, -0.1) is 0 Å². The van der Waals surface area contributed by atoms with E-state index in [1.54, 1.807) is 7.11 Å². The van der Waals surface area contributed by atoms with Crippen LogP contribution >= 0.6 is 0 Å². The van der Waals surface area contributed by atoms with E-state index in [-0.39, 0.29) is 11.5 Å². The number of aromatic nitrogens is 2. The first-order chi connectivity index (χ1) is 9.50. The second-order valence-electron chi connectivity index (χ2n) is 5.71. The Morgan fingerprint density at radius 3 is 2.50 bits per heavy atom. The quantitative estimate of drug-likeness (QED) is 0.916. The molecule has 0 aromatic carbocycles. The van der Waals surface area contributed by atoms with Gasteiger partial charge in [-0.2, -0.15) is 0 Å². The molecule has 1 aliphatic rings. The van der Waals surface area contributed by atoms with E-state index in [4.69, 9.17) is 4.74 Å². The van der Waals surface area contributed by atoms with Crippen molar-refractivity contribution in [2.75, 3.05) is 7.11 Å². The predicted molar refractivity (Wildman–Crippen MR) is 74.9 cm³/mol. The van der Waals surface area contributed by atoms with Gasteiger partial charge in [0.1, 0.15) is 5.60 Å². The third kappa shape index (κ3) is 2.68. The van der Waals surface area contributed by atoms with Crippen LogP contribution in [0.25, 0.3) is 0 Å². The molecule has 5 heteroatoms. The van der Waals surface area contributed by atoms with Crippen LogP contribution in [0.2, 0.25) is 0 Å². The van der Waals surface area contributed by atoms with Gasteiger partial charge in [-0.1, -0.05) is 33.1 Å². The third-order valence-corrected chi connectivity index (χ3v) is 4.06. The minimum atomic E-state index is -0.977. The second-order valence-corrected chi connectivity index (χ2v) is 5.71. The molecule has 2 rings (SSSR count). The Kier molecular flexibility index (Phi) is 4.38. The lowest BCUT2D eigenvalue weighted by Crippen LogP contribution is -2.34. The highest BCUT2D eigenvalue weighted by atomic mass is 16.5. The highest BCUT2D eigenvalue weighted by Gasteiger charge is 2.37. The highest BCUT2D eigenvalue weighted by Crippen LogP contribution is 2.38. The molecule has 1 saturated carbocycles. The van der Waals surface area contributed by atoms with Gasteiger partial charge in [0.15, 0.2) is 5.82 Å². The molecule has 5 nitrogen and oxygen atoms in total. The van der Waals surface area contributed by atoms with E-state index in [1.165, 1.54) is 12.6 Å². The zero-order valence-corrected chi connectivity index (χ0v) is 12.3. The summed E-state index contributed by atoms with van der Waals surface area (Å²) in [7, 11) is 1.69. The van der Waals surface area contributed by atoms with Crippen molar-refractivity contribution in [2.45, 2.75) is 57.5 Å². The zero-order valence-electron chi connectivity index (χ0n) is 12.3. The Labute approximate surface area is 119 Å². The monoisotopic (exact) mass is 278 g/mol. The summed E-state index contributed by atoms with van der Waals surface area (Å²) in [4.78, 5) is 20.1. The predicted octanol–water partition coefficient (Wildman–Crippen LogP) is 3.10. The molecular weight excluding hydrogens is 256 g/mol. The van der Waals surface area contributed by atoms with Gasteiger partial charge in [0, 0.05) is 13.3 Å². The normalized spacial score (nSPS) is 18.2. The highest BCUT2D eigenvalue weighted by molar-refractivity contribution is 5.88. The Hall–Kier alpha value is -1.49. The number of nitrogens with zero attached hydrogens (tertiary/aromatic N) is 2. The SMILES string of the molecule is COC1(c2ncc(C(=O)O)c(C(C)C)n2)CCCCC1. The maximum atomic E-state index is 11.3. The standard InChI is InChI=1S/C15H22N2O3/c1-10(2)12-11(13(18)19)9-16-14(17-12)15(20-3)7-5-4-6-8-15/h9-10H,4-8H2,1-3H3,(H,18,19). The molecule has 1 N–H and O–H groups in total. The molecule has 1 aliphatic carbocycles. The topological polar surface area (TPSA) is 72.3 Å².